The molecule has 1 amide bonds. The maximum absolute atomic E-state index is 10.6. The maximum atomic E-state index is 10.6. The third-order valence-electron chi connectivity index (χ3n) is 1.76. The minimum Gasteiger partial charge on any atom is -0.357 e. The number of nitrogens with zero attached hydrogens (tertiary/aromatic N) is 1. The molecule has 0 atom stereocenters. The molecule has 14 heavy (non-hydrogen) atoms. The number of carbonyl (C=O) groups excluding carboxylic acids is 1. The molecule has 1 rings (SSSR count). The summed E-state index contributed by atoms with van der Waals surface area (Å²) < 4.78 is 0. The van der Waals surface area contributed by atoms with E-state index in [0.29, 0.717) is 6.67 Å². The first-order valence-electron chi connectivity index (χ1n) is 4.21. The average molecular weight is 194 g/mol. The number of para-hydroxylation sites is 1. The highest BCUT2D eigenvalue weighted by molar-refractivity contribution is 5.73. The lowest BCUT2D eigenvalue weighted by atomic mass is 10.3. The van der Waals surface area contributed by atoms with Gasteiger partial charge >= 0.3 is 0 Å². The zero-order valence-electron chi connectivity index (χ0n) is 7.95. The van der Waals surface area contributed by atoms with E-state index in [9.17, 15) is 4.79 Å². The van der Waals surface area contributed by atoms with Gasteiger partial charge in [0.15, 0.2) is 0 Å². The van der Waals surface area contributed by atoms with E-state index >= 15 is 0 Å². The first kappa shape index (κ1) is 12.5. The number of nitrogens with one attached hydrogen (secondary N) is 1. The standard InChI is InChI=1S/C10H14N2O.CH4/c1-9(13)11-8-12(2)10-6-4-3-5-7-10;/h3-7H,8H2,1-2H3,(H,11,13);1H4. The van der Waals surface area contributed by atoms with Gasteiger partial charge in [-0.15, -0.1) is 0 Å². The lowest BCUT2D eigenvalue weighted by Gasteiger charge is -2.18. The van der Waals surface area contributed by atoms with Gasteiger partial charge in [-0.3, -0.25) is 4.79 Å². The summed E-state index contributed by atoms with van der Waals surface area (Å²) in [5.74, 6) is -0.0113. The van der Waals surface area contributed by atoms with Crippen molar-refractivity contribution in [2.75, 3.05) is 18.6 Å². The van der Waals surface area contributed by atoms with Crippen molar-refractivity contribution in [3.05, 3.63) is 30.3 Å². The molecule has 1 aromatic rings. The zero-order valence-corrected chi connectivity index (χ0v) is 7.95. The molecule has 0 fully saturated rings. The van der Waals surface area contributed by atoms with Crippen molar-refractivity contribution in [2.45, 2.75) is 14.4 Å². The Labute approximate surface area is 85.7 Å². The van der Waals surface area contributed by atoms with Crippen molar-refractivity contribution in [2.24, 2.45) is 0 Å². The molecule has 3 nitrogen and oxygen atoms in total. The fourth-order valence-electron chi connectivity index (χ4n) is 1.00. The van der Waals surface area contributed by atoms with Gasteiger partial charge in [0.2, 0.25) is 5.91 Å². The Bertz CT molecular complexity index is 272. The van der Waals surface area contributed by atoms with Gasteiger partial charge in [0.1, 0.15) is 0 Å². The van der Waals surface area contributed by atoms with Gasteiger partial charge in [-0.1, -0.05) is 25.6 Å². The topological polar surface area (TPSA) is 32.3 Å². The molecule has 0 spiro atoms. The fourth-order valence-corrected chi connectivity index (χ4v) is 1.00. The van der Waals surface area contributed by atoms with Crippen molar-refractivity contribution >= 4 is 11.6 Å². The fraction of sp³-hybridized carbons (Fsp3) is 0.364. The van der Waals surface area contributed by atoms with Crippen molar-refractivity contribution in [1.29, 1.82) is 0 Å². The van der Waals surface area contributed by atoms with Crippen LogP contribution in [0, 0.1) is 0 Å². The molecule has 0 saturated carbocycles. The Morgan fingerprint density at radius 2 is 1.93 bits per heavy atom. The van der Waals surface area contributed by atoms with E-state index in [2.05, 4.69) is 5.32 Å². The monoisotopic (exact) mass is 194 g/mol. The van der Waals surface area contributed by atoms with Gasteiger partial charge in [-0.05, 0) is 12.1 Å². The first-order valence-corrected chi connectivity index (χ1v) is 4.21. The number of hydrogen-bond donors (Lipinski definition) is 1. The molecule has 0 aliphatic rings. The Morgan fingerprint density at radius 3 is 2.43 bits per heavy atom. The minimum atomic E-state index is -0.0113. The normalized spacial score (nSPS) is 8.71. The maximum Gasteiger partial charge on any atom is 0.218 e. The van der Waals surface area contributed by atoms with Gasteiger partial charge in [0, 0.05) is 19.7 Å². The van der Waals surface area contributed by atoms with Crippen LogP contribution in [0.5, 0.6) is 0 Å². The summed E-state index contributed by atoms with van der Waals surface area (Å²) in [7, 11) is 1.94. The molecule has 78 valence electrons. The van der Waals surface area contributed by atoms with Crippen LogP contribution in [0.2, 0.25) is 0 Å². The van der Waals surface area contributed by atoms with E-state index in [4.69, 9.17) is 0 Å². The second kappa shape index (κ2) is 6.02. The van der Waals surface area contributed by atoms with Crippen LogP contribution in [0.1, 0.15) is 14.4 Å². The molecule has 1 aromatic carbocycles. The molecule has 0 heterocycles. The number of rotatable bonds is 3. The largest absolute Gasteiger partial charge is 0.357 e. The number of benzene rings is 1. The molecule has 0 aliphatic carbocycles. The van der Waals surface area contributed by atoms with Crippen LogP contribution in [0.15, 0.2) is 30.3 Å². The Balaban J connectivity index is 0.00000169. The average Bonchev–Trinajstić information content (AvgIpc) is 2.15. The summed E-state index contributed by atoms with van der Waals surface area (Å²) in [5, 5.41) is 2.73. The van der Waals surface area contributed by atoms with Crippen LogP contribution in [0.25, 0.3) is 0 Å². The van der Waals surface area contributed by atoms with Crippen LogP contribution < -0.4 is 10.2 Å². The van der Waals surface area contributed by atoms with Crippen molar-refractivity contribution < 1.29 is 4.79 Å². The summed E-state index contributed by atoms with van der Waals surface area (Å²) >= 11 is 0. The molecular formula is C11H18N2O. The lowest BCUT2D eigenvalue weighted by Crippen LogP contribution is -2.33. The van der Waals surface area contributed by atoms with Crippen molar-refractivity contribution in [3.8, 4) is 0 Å². The predicted octanol–water partition coefficient (Wildman–Crippen LogP) is 1.85. The van der Waals surface area contributed by atoms with Gasteiger partial charge in [0.25, 0.3) is 0 Å². The Hall–Kier alpha value is -1.51. The molecule has 3 heteroatoms. The predicted molar refractivity (Wildman–Crippen MR) is 60.3 cm³/mol. The van der Waals surface area contributed by atoms with Crippen LogP contribution in [-0.4, -0.2) is 19.6 Å². The highest BCUT2D eigenvalue weighted by atomic mass is 16.1. The SMILES string of the molecule is C.CC(=O)NCN(C)c1ccccc1. The second-order valence-electron chi connectivity index (χ2n) is 2.92. The Kier molecular flexibility index (Phi) is 5.37. The minimum absolute atomic E-state index is 0. The third-order valence-corrected chi connectivity index (χ3v) is 1.76. The van der Waals surface area contributed by atoms with E-state index < -0.39 is 0 Å². The molecule has 0 radical (unpaired) electrons. The van der Waals surface area contributed by atoms with E-state index in [1.165, 1.54) is 6.92 Å². The number of amides is 1. The van der Waals surface area contributed by atoms with Gasteiger partial charge < -0.3 is 10.2 Å². The van der Waals surface area contributed by atoms with Gasteiger partial charge in [-0.2, -0.15) is 0 Å². The first-order chi connectivity index (χ1) is 6.20. The summed E-state index contributed by atoms with van der Waals surface area (Å²) in [6.45, 7) is 2.05. The number of anilines is 1. The molecule has 0 aliphatic heterocycles. The van der Waals surface area contributed by atoms with Crippen molar-refractivity contribution in [3.63, 3.8) is 0 Å². The molecule has 0 aromatic heterocycles. The summed E-state index contributed by atoms with van der Waals surface area (Å²) in [6, 6.07) is 9.92. The van der Waals surface area contributed by atoms with Crippen LogP contribution in [0.4, 0.5) is 5.69 Å². The number of carbonyl (C=O) groups is 1. The third kappa shape index (κ3) is 3.94. The summed E-state index contributed by atoms with van der Waals surface area (Å²) in [4.78, 5) is 12.6. The molecule has 0 unspecified atom stereocenters. The summed E-state index contributed by atoms with van der Waals surface area (Å²) in [5.41, 5.74) is 1.09. The molecule has 1 N–H and O–H groups in total. The summed E-state index contributed by atoms with van der Waals surface area (Å²) in [6.07, 6.45) is 0. The van der Waals surface area contributed by atoms with Crippen LogP contribution in [0.3, 0.4) is 0 Å². The van der Waals surface area contributed by atoms with Gasteiger partial charge in [-0.25, -0.2) is 0 Å². The smallest absolute Gasteiger partial charge is 0.218 e. The van der Waals surface area contributed by atoms with E-state index in [-0.39, 0.29) is 13.3 Å². The second-order valence-corrected chi connectivity index (χ2v) is 2.92. The highest BCUT2D eigenvalue weighted by Crippen LogP contribution is 2.09. The molecule has 0 saturated heterocycles. The Morgan fingerprint density at radius 1 is 1.36 bits per heavy atom. The lowest BCUT2D eigenvalue weighted by molar-refractivity contribution is -0.118. The number of hydrogen-bond acceptors (Lipinski definition) is 2. The van der Waals surface area contributed by atoms with E-state index in [1.54, 1.807) is 0 Å². The van der Waals surface area contributed by atoms with E-state index in [0.717, 1.165) is 5.69 Å². The van der Waals surface area contributed by atoms with Crippen LogP contribution >= 0.6 is 0 Å². The van der Waals surface area contributed by atoms with Crippen LogP contribution in [-0.2, 0) is 4.79 Å². The van der Waals surface area contributed by atoms with E-state index in [1.807, 2.05) is 42.3 Å². The quantitative estimate of drug-likeness (QED) is 0.745. The highest BCUT2D eigenvalue weighted by Gasteiger charge is 1.98. The van der Waals surface area contributed by atoms with Crippen molar-refractivity contribution in [1.82, 2.24) is 5.32 Å². The van der Waals surface area contributed by atoms with Gasteiger partial charge in [0.05, 0.1) is 6.67 Å². The zero-order chi connectivity index (χ0) is 9.68. The molecule has 0 bridgehead atoms. The molecular weight excluding hydrogens is 176 g/mol.